The fourth-order valence-electron chi connectivity index (χ4n) is 3.51. The lowest BCUT2D eigenvalue weighted by Gasteiger charge is -2.28. The van der Waals surface area contributed by atoms with E-state index in [4.69, 9.17) is 0 Å². The van der Waals surface area contributed by atoms with Gasteiger partial charge in [0.05, 0.1) is 12.1 Å². The Kier molecular flexibility index (Phi) is 9.31. The Morgan fingerprint density at radius 1 is 0.943 bits per heavy atom. The number of nitro groups is 2. The highest BCUT2D eigenvalue weighted by atomic mass is 16.6. The zero-order valence-electron chi connectivity index (χ0n) is 20.4. The zero-order chi connectivity index (χ0) is 26.2. The number of hydrogen-bond donors (Lipinski definition) is 2. The van der Waals surface area contributed by atoms with Crippen molar-refractivity contribution in [3.05, 3.63) is 45.0 Å². The van der Waals surface area contributed by atoms with Gasteiger partial charge in [-0.2, -0.15) is 4.57 Å². The molecular formula is C21H32N8O6. The first kappa shape index (κ1) is 27.7. The van der Waals surface area contributed by atoms with Crippen LogP contribution in [0.3, 0.4) is 0 Å². The van der Waals surface area contributed by atoms with Crippen molar-refractivity contribution in [3.8, 4) is 0 Å². The number of nitrogens with zero attached hydrogens (tertiary/aromatic N) is 6. The van der Waals surface area contributed by atoms with Gasteiger partial charge in [-0.05, 0) is 69.9 Å². The van der Waals surface area contributed by atoms with Crippen LogP contribution in [0.25, 0.3) is 0 Å². The van der Waals surface area contributed by atoms with E-state index in [1.54, 1.807) is 20.0 Å². The Hall–Kier alpha value is -3.52. The quantitative estimate of drug-likeness (QED) is 0.162. The fraction of sp³-hybridized carbons (Fsp3) is 0.619. The molecular weight excluding hydrogens is 460 g/mol. The number of Topliss-reactive ketones (excluding diaryl/α,β-unsaturated/α-hetero) is 1. The minimum Gasteiger partial charge on any atom is -0.390 e. The standard InChI is InChI=1S/C21H32N8O6/c1-20(2,7-5-12-26-13-10-22-18(26)28(32)33)24-8-6-9-25-21(3,4)16(30)15-17(31)27-14-11-23-19(27)29(34)35/h10-11,13-14,24-25H,5-9,12,15H2,1-4H3. The third kappa shape index (κ3) is 8.03. The predicted molar refractivity (Wildman–Crippen MR) is 126 cm³/mol. The molecule has 0 atom stereocenters. The summed E-state index contributed by atoms with van der Waals surface area (Å²) in [5.41, 5.74) is -1.17. The molecule has 0 amide bonds. The maximum atomic E-state index is 12.6. The van der Waals surface area contributed by atoms with Crippen molar-refractivity contribution in [2.45, 2.75) is 71.0 Å². The number of nitrogens with one attached hydrogen (secondary N) is 2. The second kappa shape index (κ2) is 11.8. The first-order valence-corrected chi connectivity index (χ1v) is 11.2. The Morgan fingerprint density at radius 3 is 2.20 bits per heavy atom. The Labute approximate surface area is 202 Å². The molecule has 2 rings (SSSR count). The summed E-state index contributed by atoms with van der Waals surface area (Å²) in [5, 5.41) is 28.5. The van der Waals surface area contributed by atoms with Crippen molar-refractivity contribution in [1.29, 1.82) is 0 Å². The van der Waals surface area contributed by atoms with Gasteiger partial charge in [0.15, 0.2) is 5.78 Å². The lowest BCUT2D eigenvalue weighted by atomic mass is 9.96. The number of carbonyl (C=O) groups is 2. The van der Waals surface area contributed by atoms with Crippen molar-refractivity contribution in [3.63, 3.8) is 0 Å². The number of ketones is 1. The number of imidazole rings is 2. The van der Waals surface area contributed by atoms with Crippen LogP contribution >= 0.6 is 0 Å². The molecule has 2 heterocycles. The Bertz CT molecular complexity index is 1060. The average Bonchev–Trinajstić information content (AvgIpc) is 3.43. The van der Waals surface area contributed by atoms with Crippen molar-refractivity contribution in [2.24, 2.45) is 0 Å². The topological polar surface area (TPSA) is 180 Å². The van der Waals surface area contributed by atoms with Crippen LogP contribution in [-0.4, -0.2) is 64.8 Å². The molecule has 2 N–H and O–H groups in total. The highest BCUT2D eigenvalue weighted by Crippen LogP contribution is 2.16. The van der Waals surface area contributed by atoms with Crippen LogP contribution in [0.2, 0.25) is 0 Å². The number of aromatic nitrogens is 4. The molecule has 0 aliphatic carbocycles. The molecule has 2 aromatic heterocycles. The lowest BCUT2D eigenvalue weighted by molar-refractivity contribution is -0.396. The summed E-state index contributed by atoms with van der Waals surface area (Å²) >= 11 is 0. The minimum atomic E-state index is -0.986. The first-order valence-electron chi connectivity index (χ1n) is 11.2. The third-order valence-corrected chi connectivity index (χ3v) is 5.64. The van der Waals surface area contributed by atoms with Gasteiger partial charge in [-0.15, -0.1) is 0 Å². The van der Waals surface area contributed by atoms with E-state index in [0.717, 1.165) is 29.8 Å². The molecule has 0 bridgehead atoms. The number of hydrogen-bond acceptors (Lipinski definition) is 10. The minimum absolute atomic E-state index is 0.163. The van der Waals surface area contributed by atoms with E-state index in [2.05, 4.69) is 34.4 Å². The van der Waals surface area contributed by atoms with E-state index in [9.17, 15) is 29.8 Å². The zero-order valence-corrected chi connectivity index (χ0v) is 20.4. The molecule has 14 heteroatoms. The Balaban J connectivity index is 1.71. The molecule has 192 valence electrons. The van der Waals surface area contributed by atoms with Crippen LogP contribution < -0.4 is 10.6 Å². The molecule has 35 heavy (non-hydrogen) atoms. The summed E-state index contributed by atoms with van der Waals surface area (Å²) in [5.74, 6) is -1.87. The summed E-state index contributed by atoms with van der Waals surface area (Å²) < 4.78 is 2.29. The van der Waals surface area contributed by atoms with Crippen LogP contribution in [-0.2, 0) is 11.3 Å². The molecule has 0 aliphatic heterocycles. The second-order valence-electron chi connectivity index (χ2n) is 9.35. The average molecular weight is 493 g/mol. The van der Waals surface area contributed by atoms with E-state index < -0.39 is 33.7 Å². The van der Waals surface area contributed by atoms with Gasteiger partial charge in [-0.25, -0.2) is 4.57 Å². The summed E-state index contributed by atoms with van der Waals surface area (Å²) in [6.45, 7) is 9.13. The van der Waals surface area contributed by atoms with E-state index in [1.165, 1.54) is 10.8 Å². The van der Waals surface area contributed by atoms with Crippen molar-refractivity contribution < 1.29 is 19.4 Å². The summed E-state index contributed by atoms with van der Waals surface area (Å²) in [6.07, 6.45) is 7.07. The van der Waals surface area contributed by atoms with Crippen molar-refractivity contribution in [2.75, 3.05) is 13.1 Å². The van der Waals surface area contributed by atoms with Crippen LogP contribution in [0.15, 0.2) is 24.8 Å². The SMILES string of the molecule is CC(C)(CCCn1ccnc1[N+](=O)[O-])NCCCNC(C)(C)C(=O)CC(=O)n1ccnc1[N+](=O)[O-]. The summed E-state index contributed by atoms with van der Waals surface area (Å²) in [6, 6.07) is 0. The number of carbonyl (C=O) groups excluding carboxylic acids is 2. The van der Waals surface area contributed by atoms with Crippen molar-refractivity contribution >= 4 is 23.6 Å². The van der Waals surface area contributed by atoms with Gasteiger partial charge >= 0.3 is 11.9 Å². The van der Waals surface area contributed by atoms with E-state index in [0.29, 0.717) is 26.1 Å². The van der Waals surface area contributed by atoms with Gasteiger partial charge in [-0.1, -0.05) is 9.97 Å². The molecule has 0 saturated heterocycles. The van der Waals surface area contributed by atoms with E-state index in [-0.39, 0.29) is 17.3 Å². The number of aryl methyl sites for hydroxylation is 1. The third-order valence-electron chi connectivity index (χ3n) is 5.64. The smallest absolute Gasteiger partial charge is 0.390 e. The maximum Gasteiger partial charge on any atom is 0.441 e. The van der Waals surface area contributed by atoms with Gasteiger partial charge in [0.1, 0.15) is 31.2 Å². The summed E-state index contributed by atoms with van der Waals surface area (Å²) in [4.78, 5) is 52.8. The monoisotopic (exact) mass is 492 g/mol. The van der Waals surface area contributed by atoms with Gasteiger partial charge in [-0.3, -0.25) is 9.59 Å². The predicted octanol–water partition coefficient (Wildman–Crippen LogP) is 2.10. The van der Waals surface area contributed by atoms with Gasteiger partial charge < -0.3 is 30.9 Å². The highest BCUT2D eigenvalue weighted by molar-refractivity contribution is 6.03. The Morgan fingerprint density at radius 2 is 1.54 bits per heavy atom. The normalized spacial score (nSPS) is 12.0. The second-order valence-corrected chi connectivity index (χ2v) is 9.35. The van der Waals surface area contributed by atoms with Crippen molar-refractivity contribution in [1.82, 2.24) is 29.7 Å². The maximum absolute atomic E-state index is 12.6. The van der Waals surface area contributed by atoms with Crippen LogP contribution in [0.5, 0.6) is 0 Å². The molecule has 0 aromatic carbocycles. The molecule has 0 aliphatic rings. The molecule has 0 unspecified atom stereocenters. The number of rotatable bonds is 15. The molecule has 0 spiro atoms. The fourth-order valence-corrected chi connectivity index (χ4v) is 3.51. The van der Waals surface area contributed by atoms with Crippen LogP contribution in [0.4, 0.5) is 11.9 Å². The van der Waals surface area contributed by atoms with Crippen LogP contribution in [0.1, 0.15) is 58.2 Å². The molecule has 0 saturated carbocycles. The highest BCUT2D eigenvalue weighted by Gasteiger charge is 2.31. The molecule has 0 fully saturated rings. The molecule has 2 aromatic rings. The van der Waals surface area contributed by atoms with E-state index in [1.807, 2.05) is 0 Å². The van der Waals surface area contributed by atoms with Crippen LogP contribution in [0, 0.1) is 20.2 Å². The summed E-state index contributed by atoms with van der Waals surface area (Å²) in [7, 11) is 0. The molecule has 0 radical (unpaired) electrons. The van der Waals surface area contributed by atoms with Gasteiger partial charge in [0.25, 0.3) is 5.91 Å². The van der Waals surface area contributed by atoms with E-state index >= 15 is 0 Å². The van der Waals surface area contributed by atoms with Gasteiger partial charge in [0, 0.05) is 5.54 Å². The largest absolute Gasteiger partial charge is 0.441 e. The van der Waals surface area contributed by atoms with Gasteiger partial charge in [0.2, 0.25) is 0 Å². The molecule has 14 nitrogen and oxygen atoms in total. The lowest BCUT2D eigenvalue weighted by Crippen LogP contribution is -2.49. The first-order chi connectivity index (χ1) is 16.3.